The van der Waals surface area contributed by atoms with E-state index in [1.54, 1.807) is 0 Å². The minimum Gasteiger partial charge on any atom is -0.338 e. The van der Waals surface area contributed by atoms with Gasteiger partial charge in [-0.3, -0.25) is 0 Å². The summed E-state index contributed by atoms with van der Waals surface area (Å²) in [6.45, 7) is 11.3. The molecule has 1 fully saturated rings. The van der Waals surface area contributed by atoms with E-state index in [4.69, 9.17) is 9.97 Å². The predicted molar refractivity (Wildman–Crippen MR) is 128 cm³/mol. The van der Waals surface area contributed by atoms with Crippen molar-refractivity contribution in [3.8, 4) is 11.4 Å². The number of likely N-dealkylation sites (tertiary alicyclic amines) is 1. The molecule has 1 aliphatic rings. The molecule has 0 atom stereocenters. The van der Waals surface area contributed by atoms with Crippen LogP contribution in [0, 0.1) is 12.8 Å². The number of rotatable bonds is 6. The van der Waals surface area contributed by atoms with E-state index < -0.39 is 0 Å². The number of nitrogens with one attached hydrogen (secondary N) is 1. The second kappa shape index (κ2) is 9.07. The summed E-state index contributed by atoms with van der Waals surface area (Å²) < 4.78 is 0. The third-order valence-corrected chi connectivity index (χ3v) is 6.73. The normalized spacial score (nSPS) is 16.3. The molecule has 0 amide bonds. The van der Waals surface area contributed by atoms with Crippen LogP contribution in [0.15, 0.2) is 24.4 Å². The van der Waals surface area contributed by atoms with Crippen LogP contribution in [0.25, 0.3) is 22.4 Å². The Labute approximate surface area is 186 Å². The zero-order chi connectivity index (χ0) is 22.0. The van der Waals surface area contributed by atoms with Gasteiger partial charge in [0.1, 0.15) is 11.6 Å². The number of aryl methyl sites for hydroxylation is 2. The average molecular weight is 420 g/mol. The number of nitrogens with zero attached hydrogens (tertiary/aromatic N) is 4. The van der Waals surface area contributed by atoms with Crippen LogP contribution in [0.3, 0.4) is 0 Å². The molecule has 0 unspecified atom stereocenters. The number of hydrogen-bond donors (Lipinski definition) is 1. The number of fused-ring (bicyclic) bond motifs is 1. The van der Waals surface area contributed by atoms with Gasteiger partial charge < -0.3 is 9.88 Å². The molecule has 5 nitrogen and oxygen atoms in total. The summed E-state index contributed by atoms with van der Waals surface area (Å²) in [5.41, 5.74) is 5.46. The lowest BCUT2D eigenvalue weighted by atomic mass is 9.87. The van der Waals surface area contributed by atoms with Crippen molar-refractivity contribution in [2.24, 2.45) is 5.92 Å². The smallest absolute Gasteiger partial charge is 0.141 e. The van der Waals surface area contributed by atoms with Crippen LogP contribution < -0.4 is 0 Å². The van der Waals surface area contributed by atoms with Crippen LogP contribution in [0.2, 0.25) is 0 Å². The van der Waals surface area contributed by atoms with Gasteiger partial charge in [0.2, 0.25) is 0 Å². The van der Waals surface area contributed by atoms with Gasteiger partial charge in [0, 0.05) is 12.6 Å². The first-order chi connectivity index (χ1) is 14.8. The molecule has 0 radical (unpaired) electrons. The number of aromatic amines is 1. The van der Waals surface area contributed by atoms with E-state index in [2.05, 4.69) is 67.8 Å². The molecule has 31 heavy (non-hydrogen) atoms. The molecule has 1 N–H and O–H groups in total. The van der Waals surface area contributed by atoms with Crippen LogP contribution in [0.4, 0.5) is 0 Å². The Morgan fingerprint density at radius 3 is 2.58 bits per heavy atom. The lowest BCUT2D eigenvalue weighted by molar-refractivity contribution is 0.209. The lowest BCUT2D eigenvalue weighted by Crippen LogP contribution is -2.30. The summed E-state index contributed by atoms with van der Waals surface area (Å²) in [4.78, 5) is 20.2. The zero-order valence-corrected chi connectivity index (χ0v) is 19.8. The summed E-state index contributed by atoms with van der Waals surface area (Å²) in [6, 6.07) is 6.48. The first-order valence-corrected chi connectivity index (χ1v) is 11.8. The maximum Gasteiger partial charge on any atom is 0.141 e. The fraction of sp³-hybridized carbons (Fsp3) is 0.577. The van der Waals surface area contributed by atoms with Crippen molar-refractivity contribution in [3.05, 3.63) is 41.5 Å². The molecule has 1 aliphatic heterocycles. The minimum absolute atomic E-state index is 0.119. The molecule has 0 spiro atoms. The largest absolute Gasteiger partial charge is 0.338 e. The highest BCUT2D eigenvalue weighted by molar-refractivity contribution is 5.80. The van der Waals surface area contributed by atoms with E-state index in [9.17, 15) is 0 Å². The lowest BCUT2D eigenvalue weighted by Gasteiger charge is -2.28. The van der Waals surface area contributed by atoms with Crippen LogP contribution >= 0.6 is 0 Å². The fourth-order valence-corrected chi connectivity index (χ4v) is 4.54. The van der Waals surface area contributed by atoms with Gasteiger partial charge in [-0.2, -0.15) is 0 Å². The number of piperidine rings is 1. The molecular formula is C26H37N5. The van der Waals surface area contributed by atoms with Gasteiger partial charge in [-0.05, 0) is 75.4 Å². The minimum atomic E-state index is 0.119. The zero-order valence-electron chi connectivity index (χ0n) is 19.8. The monoisotopic (exact) mass is 419 g/mol. The summed E-state index contributed by atoms with van der Waals surface area (Å²) >= 11 is 0. The van der Waals surface area contributed by atoms with Gasteiger partial charge in [0.25, 0.3) is 0 Å². The van der Waals surface area contributed by atoms with Crippen LogP contribution in [0.5, 0.6) is 0 Å². The maximum atomic E-state index is 4.79. The third kappa shape index (κ3) is 5.32. The number of hydrogen-bond acceptors (Lipinski definition) is 4. The number of H-pyrrole nitrogens is 1. The molecule has 3 aromatic rings. The Balaban J connectivity index is 1.38. The van der Waals surface area contributed by atoms with Crippen molar-refractivity contribution in [1.29, 1.82) is 0 Å². The van der Waals surface area contributed by atoms with Crippen molar-refractivity contribution in [2.75, 3.05) is 20.1 Å². The van der Waals surface area contributed by atoms with Gasteiger partial charge in [-0.15, -0.1) is 0 Å². The number of imidazole rings is 1. The van der Waals surface area contributed by atoms with E-state index in [0.29, 0.717) is 0 Å². The fourth-order valence-electron chi connectivity index (χ4n) is 4.54. The molecule has 1 saturated heterocycles. The Bertz CT molecular complexity index is 1020. The standard InChI is InChI=1S/C26H37N5/c1-18-21(25-29-22-11-10-20(26(2,3)4)16-23(22)30-25)17-27-24(28-18)9-7-6-8-19-12-14-31(5)15-13-19/h10-11,16-17,19H,6-9,12-15H2,1-5H3,(H,29,30). The van der Waals surface area contributed by atoms with Crippen molar-refractivity contribution in [2.45, 2.75) is 71.6 Å². The van der Waals surface area contributed by atoms with Crippen molar-refractivity contribution in [1.82, 2.24) is 24.8 Å². The highest BCUT2D eigenvalue weighted by Crippen LogP contribution is 2.28. The quantitative estimate of drug-likeness (QED) is 0.522. The average Bonchev–Trinajstić information content (AvgIpc) is 3.15. The molecule has 0 bridgehead atoms. The number of benzene rings is 1. The van der Waals surface area contributed by atoms with E-state index >= 15 is 0 Å². The van der Waals surface area contributed by atoms with Crippen LogP contribution in [-0.2, 0) is 11.8 Å². The van der Waals surface area contributed by atoms with Crippen LogP contribution in [0.1, 0.15) is 70.0 Å². The molecule has 2 aromatic heterocycles. The van der Waals surface area contributed by atoms with E-state index in [1.165, 1.54) is 50.8 Å². The van der Waals surface area contributed by atoms with Gasteiger partial charge in [-0.25, -0.2) is 15.0 Å². The summed E-state index contributed by atoms with van der Waals surface area (Å²) in [6.07, 6.45) is 9.41. The predicted octanol–water partition coefficient (Wildman–Crippen LogP) is 5.68. The first kappa shape index (κ1) is 21.9. The third-order valence-electron chi connectivity index (χ3n) is 6.73. The highest BCUT2D eigenvalue weighted by Gasteiger charge is 2.17. The van der Waals surface area contributed by atoms with Gasteiger partial charge in [0.05, 0.1) is 22.3 Å². The Morgan fingerprint density at radius 1 is 1.10 bits per heavy atom. The van der Waals surface area contributed by atoms with Gasteiger partial charge in [0.15, 0.2) is 0 Å². The maximum absolute atomic E-state index is 4.79. The summed E-state index contributed by atoms with van der Waals surface area (Å²) in [5.74, 6) is 2.72. The first-order valence-electron chi connectivity index (χ1n) is 11.8. The molecule has 4 rings (SSSR count). The summed E-state index contributed by atoms with van der Waals surface area (Å²) in [5, 5.41) is 0. The van der Waals surface area contributed by atoms with E-state index in [1.807, 2.05) is 6.20 Å². The highest BCUT2D eigenvalue weighted by atomic mass is 15.1. The second-order valence-electron chi connectivity index (χ2n) is 10.3. The SMILES string of the molecule is Cc1nc(CCCCC2CCN(C)CC2)ncc1-c1nc2ccc(C(C)(C)C)cc2[nH]1. The number of aromatic nitrogens is 4. The number of unbranched alkanes of at least 4 members (excludes halogenated alkanes) is 1. The second-order valence-corrected chi connectivity index (χ2v) is 10.3. The van der Waals surface area contributed by atoms with Crippen LogP contribution in [-0.4, -0.2) is 45.0 Å². The van der Waals surface area contributed by atoms with E-state index in [-0.39, 0.29) is 5.41 Å². The van der Waals surface area contributed by atoms with E-state index in [0.717, 1.165) is 46.3 Å². The van der Waals surface area contributed by atoms with Crippen molar-refractivity contribution < 1.29 is 0 Å². The molecular weight excluding hydrogens is 382 g/mol. The molecule has 3 heterocycles. The Kier molecular flexibility index (Phi) is 6.42. The van der Waals surface area contributed by atoms with Gasteiger partial charge >= 0.3 is 0 Å². The molecule has 0 saturated carbocycles. The topological polar surface area (TPSA) is 57.7 Å². The van der Waals surface area contributed by atoms with Crippen molar-refractivity contribution >= 4 is 11.0 Å². The Morgan fingerprint density at radius 2 is 1.87 bits per heavy atom. The molecule has 166 valence electrons. The molecule has 5 heteroatoms. The Hall–Kier alpha value is -2.27. The van der Waals surface area contributed by atoms with Crippen molar-refractivity contribution in [3.63, 3.8) is 0 Å². The molecule has 1 aromatic carbocycles. The summed E-state index contributed by atoms with van der Waals surface area (Å²) in [7, 11) is 2.23. The molecule has 0 aliphatic carbocycles. The van der Waals surface area contributed by atoms with Gasteiger partial charge in [-0.1, -0.05) is 39.7 Å².